The molecule has 2 unspecified atom stereocenters. The van der Waals surface area contributed by atoms with Crippen LogP contribution in [0.2, 0.25) is 0 Å². The highest BCUT2D eigenvalue weighted by Gasteiger charge is 2.68. The molecule has 122 valence electrons. The van der Waals surface area contributed by atoms with Gasteiger partial charge in [-0.1, -0.05) is 18.2 Å². The first kappa shape index (κ1) is 16.0. The van der Waals surface area contributed by atoms with Crippen molar-refractivity contribution in [2.45, 2.75) is 43.5 Å². The highest BCUT2D eigenvalue weighted by atomic mass is 16.7. The third kappa shape index (κ3) is 2.40. The highest BCUT2D eigenvalue weighted by molar-refractivity contribution is 5.14. The monoisotopic (exact) mass is 304 g/mol. The second kappa shape index (κ2) is 6.31. The van der Waals surface area contributed by atoms with E-state index in [1.165, 1.54) is 19.3 Å². The fourth-order valence-corrected chi connectivity index (χ4v) is 5.22. The van der Waals surface area contributed by atoms with Gasteiger partial charge in [0.2, 0.25) is 5.79 Å². The van der Waals surface area contributed by atoms with Crippen molar-refractivity contribution in [1.82, 2.24) is 0 Å². The Bertz CT molecular complexity index is 416. The molecule has 0 N–H and O–H groups in total. The molecule has 0 aliphatic heterocycles. The van der Waals surface area contributed by atoms with Crippen molar-refractivity contribution in [3.63, 3.8) is 0 Å². The van der Waals surface area contributed by atoms with E-state index >= 15 is 0 Å². The fourth-order valence-electron chi connectivity index (χ4n) is 5.22. The maximum absolute atomic E-state index is 6.36. The van der Waals surface area contributed by atoms with Gasteiger partial charge in [0.1, 0.15) is 5.60 Å². The van der Waals surface area contributed by atoms with E-state index in [4.69, 9.17) is 14.2 Å². The summed E-state index contributed by atoms with van der Waals surface area (Å²) in [5, 5.41) is 0. The van der Waals surface area contributed by atoms with E-state index in [1.54, 1.807) is 12.2 Å². The number of hydrogen-bond donors (Lipinski definition) is 0. The zero-order chi connectivity index (χ0) is 15.6. The van der Waals surface area contributed by atoms with E-state index in [2.05, 4.69) is 19.7 Å². The van der Waals surface area contributed by atoms with E-state index in [0.29, 0.717) is 25.7 Å². The fraction of sp³-hybridized carbons (Fsp3) is 0.684. The lowest BCUT2D eigenvalue weighted by Gasteiger charge is -2.65. The van der Waals surface area contributed by atoms with Gasteiger partial charge in [-0.25, -0.2) is 0 Å². The van der Waals surface area contributed by atoms with E-state index in [1.807, 2.05) is 6.08 Å². The van der Waals surface area contributed by atoms with Gasteiger partial charge in [-0.2, -0.15) is 0 Å². The summed E-state index contributed by atoms with van der Waals surface area (Å²) in [5.74, 6) is 1.24. The Kier molecular flexibility index (Phi) is 4.58. The molecule has 0 spiro atoms. The van der Waals surface area contributed by atoms with Crippen LogP contribution in [-0.2, 0) is 14.2 Å². The molecule has 0 aromatic carbocycles. The second-order valence-corrected chi connectivity index (χ2v) is 7.01. The first-order chi connectivity index (χ1) is 10.7. The van der Waals surface area contributed by atoms with Gasteiger partial charge in [0.15, 0.2) is 0 Å². The first-order valence-electron chi connectivity index (χ1n) is 8.44. The molecule has 4 rings (SSSR count). The van der Waals surface area contributed by atoms with E-state index in [-0.39, 0.29) is 5.60 Å². The van der Waals surface area contributed by atoms with Gasteiger partial charge in [0, 0.05) is 5.92 Å². The van der Waals surface area contributed by atoms with Gasteiger partial charge in [-0.05, 0) is 43.9 Å². The predicted octanol–water partition coefficient (Wildman–Crippen LogP) is 3.87. The summed E-state index contributed by atoms with van der Waals surface area (Å²) in [7, 11) is 0. The molecule has 0 amide bonds. The number of ether oxygens (including phenoxy) is 3. The van der Waals surface area contributed by atoms with Crippen molar-refractivity contribution in [3.8, 4) is 0 Å². The van der Waals surface area contributed by atoms with E-state index < -0.39 is 5.79 Å². The Morgan fingerprint density at radius 1 is 0.773 bits per heavy atom. The molecule has 4 aliphatic rings. The molecule has 0 saturated heterocycles. The molecule has 0 aromatic heterocycles. The third-order valence-corrected chi connectivity index (χ3v) is 5.62. The minimum atomic E-state index is -0.661. The molecule has 0 aromatic rings. The van der Waals surface area contributed by atoms with Crippen LogP contribution in [-0.4, -0.2) is 31.2 Å². The largest absolute Gasteiger partial charge is 0.365 e. The smallest absolute Gasteiger partial charge is 0.201 e. The van der Waals surface area contributed by atoms with Crippen LogP contribution in [0.15, 0.2) is 38.0 Å². The van der Waals surface area contributed by atoms with Crippen molar-refractivity contribution in [3.05, 3.63) is 38.0 Å². The number of hydrogen-bond acceptors (Lipinski definition) is 3. The summed E-state index contributed by atoms with van der Waals surface area (Å²) in [6.07, 6.45) is 11.2. The van der Waals surface area contributed by atoms with Gasteiger partial charge in [-0.15, -0.1) is 19.7 Å². The van der Waals surface area contributed by atoms with Gasteiger partial charge in [-0.3, -0.25) is 0 Å². The first-order valence-corrected chi connectivity index (χ1v) is 8.44. The molecular formula is C19H28O3. The van der Waals surface area contributed by atoms with Crippen LogP contribution in [0.25, 0.3) is 0 Å². The molecule has 22 heavy (non-hydrogen) atoms. The molecule has 2 atom stereocenters. The standard InChI is InChI=1S/C19H28O3/c1-4-7-20-18-13-15-10-16(14-18)12-17(11-15)19(18,21-8-5-2)22-9-6-3/h4-6,15-17H,1-3,7-14H2. The van der Waals surface area contributed by atoms with Crippen LogP contribution >= 0.6 is 0 Å². The minimum absolute atomic E-state index is 0.345. The average molecular weight is 304 g/mol. The summed E-state index contributed by atoms with van der Waals surface area (Å²) >= 11 is 0. The average Bonchev–Trinajstić information content (AvgIpc) is 2.51. The predicted molar refractivity (Wildman–Crippen MR) is 87.5 cm³/mol. The number of rotatable bonds is 9. The van der Waals surface area contributed by atoms with Gasteiger partial charge < -0.3 is 14.2 Å². The van der Waals surface area contributed by atoms with Crippen LogP contribution in [0.1, 0.15) is 32.1 Å². The quantitative estimate of drug-likeness (QED) is 0.478. The van der Waals surface area contributed by atoms with E-state index in [9.17, 15) is 0 Å². The minimum Gasteiger partial charge on any atom is -0.365 e. The zero-order valence-corrected chi connectivity index (χ0v) is 13.5. The third-order valence-electron chi connectivity index (χ3n) is 5.62. The lowest BCUT2D eigenvalue weighted by Crippen LogP contribution is -2.72. The van der Waals surface area contributed by atoms with Gasteiger partial charge in [0.25, 0.3) is 0 Å². The summed E-state index contributed by atoms with van der Waals surface area (Å²) in [5.41, 5.74) is -0.345. The maximum Gasteiger partial charge on any atom is 0.201 e. The van der Waals surface area contributed by atoms with Gasteiger partial charge >= 0.3 is 0 Å². The Balaban J connectivity index is 1.95. The molecule has 3 nitrogen and oxygen atoms in total. The van der Waals surface area contributed by atoms with Gasteiger partial charge in [0.05, 0.1) is 19.8 Å². The second-order valence-electron chi connectivity index (χ2n) is 7.01. The van der Waals surface area contributed by atoms with Crippen LogP contribution in [0.4, 0.5) is 0 Å². The summed E-state index contributed by atoms with van der Waals surface area (Å²) < 4.78 is 19.0. The Hall–Kier alpha value is -0.900. The normalized spacial score (nSPS) is 37.9. The molecule has 3 heteroatoms. The van der Waals surface area contributed by atoms with Crippen LogP contribution < -0.4 is 0 Å². The maximum atomic E-state index is 6.36. The van der Waals surface area contributed by atoms with Crippen LogP contribution in [0.5, 0.6) is 0 Å². The molecule has 4 fully saturated rings. The highest BCUT2D eigenvalue weighted by Crippen LogP contribution is 2.63. The molecular weight excluding hydrogens is 276 g/mol. The van der Waals surface area contributed by atoms with Crippen LogP contribution in [0.3, 0.4) is 0 Å². The van der Waals surface area contributed by atoms with Crippen molar-refractivity contribution >= 4 is 0 Å². The van der Waals surface area contributed by atoms with Crippen molar-refractivity contribution in [1.29, 1.82) is 0 Å². The summed E-state index contributed by atoms with van der Waals surface area (Å²) in [6.45, 7) is 12.9. The van der Waals surface area contributed by atoms with Crippen molar-refractivity contribution in [2.75, 3.05) is 19.8 Å². The van der Waals surface area contributed by atoms with Crippen molar-refractivity contribution in [2.24, 2.45) is 17.8 Å². The topological polar surface area (TPSA) is 27.7 Å². The lowest BCUT2D eigenvalue weighted by atomic mass is 9.51. The summed E-state index contributed by atoms with van der Waals surface area (Å²) in [4.78, 5) is 0. The molecule has 0 radical (unpaired) electrons. The Morgan fingerprint density at radius 3 is 1.77 bits per heavy atom. The zero-order valence-electron chi connectivity index (χ0n) is 13.5. The Morgan fingerprint density at radius 2 is 1.27 bits per heavy atom. The summed E-state index contributed by atoms with van der Waals surface area (Å²) in [6, 6.07) is 0. The SMILES string of the molecule is C=CCOC12CC3CC(CC(C3)C1(OCC=C)OCC=C)C2. The van der Waals surface area contributed by atoms with Crippen LogP contribution in [0, 0.1) is 17.8 Å². The molecule has 4 aliphatic carbocycles. The molecule has 0 heterocycles. The molecule has 4 saturated carbocycles. The Labute approximate surface area is 134 Å². The van der Waals surface area contributed by atoms with E-state index in [0.717, 1.165) is 24.7 Å². The molecule has 4 bridgehead atoms. The van der Waals surface area contributed by atoms with Crippen molar-refractivity contribution < 1.29 is 14.2 Å². The lowest BCUT2D eigenvalue weighted by molar-refractivity contribution is -0.393.